The third-order valence-corrected chi connectivity index (χ3v) is 10.8. The van der Waals surface area contributed by atoms with Crippen molar-refractivity contribution in [3.05, 3.63) is 29.6 Å². The molecule has 274 valence electrons. The maximum Gasteiger partial charge on any atom is 0.416 e. The van der Waals surface area contributed by atoms with Crippen molar-refractivity contribution in [2.24, 2.45) is 0 Å². The van der Waals surface area contributed by atoms with E-state index in [4.69, 9.17) is 17.0 Å². The molecule has 0 aliphatic carbocycles. The monoisotopic (exact) mass is 733 g/mol. The summed E-state index contributed by atoms with van der Waals surface area (Å²) in [6.07, 6.45) is -9.82. The first-order valence-corrected chi connectivity index (χ1v) is 20.1. The highest BCUT2D eigenvalue weighted by Crippen LogP contribution is 2.35. The molecule has 0 spiro atoms. The molecular weight excluding hydrogens is 685 g/mol. The van der Waals surface area contributed by atoms with Crippen LogP contribution < -0.4 is 10.0 Å². The Morgan fingerprint density at radius 3 is 2.29 bits per heavy atom. The van der Waals surface area contributed by atoms with Crippen LogP contribution in [0.5, 0.6) is 0 Å². The van der Waals surface area contributed by atoms with E-state index < -0.39 is 79.0 Å². The van der Waals surface area contributed by atoms with E-state index in [-0.39, 0.29) is 30.2 Å². The normalized spacial score (nSPS) is 20.4. The average Bonchev–Trinajstić information content (AvgIpc) is 3.42. The minimum absolute atomic E-state index is 0.107. The molecule has 3 rings (SSSR count). The minimum Gasteiger partial charge on any atom is -0.382 e. The number of amides is 2. The topological polar surface area (TPSA) is 107 Å². The Labute approximate surface area is 283 Å². The maximum atomic E-state index is 13.8. The Morgan fingerprint density at radius 2 is 1.77 bits per heavy atom. The molecule has 0 radical (unpaired) electrons. The summed E-state index contributed by atoms with van der Waals surface area (Å²) in [7, 11) is -2.08. The predicted molar refractivity (Wildman–Crippen MR) is 173 cm³/mol. The molecule has 2 N–H and O–H groups in total. The van der Waals surface area contributed by atoms with Crippen LogP contribution in [0.1, 0.15) is 60.8 Å². The summed E-state index contributed by atoms with van der Waals surface area (Å²) >= 11 is 0. The molecule has 1 aliphatic rings. The van der Waals surface area contributed by atoms with E-state index in [1.807, 2.05) is 0 Å². The van der Waals surface area contributed by atoms with Crippen molar-refractivity contribution >= 4 is 36.1 Å². The van der Waals surface area contributed by atoms with E-state index in [0.29, 0.717) is 17.0 Å². The molecule has 48 heavy (non-hydrogen) atoms. The van der Waals surface area contributed by atoms with Crippen molar-refractivity contribution in [1.82, 2.24) is 24.5 Å². The van der Waals surface area contributed by atoms with E-state index in [9.17, 15) is 35.3 Å². The summed E-state index contributed by atoms with van der Waals surface area (Å²) in [5, 5.41) is 1.68. The molecule has 1 saturated heterocycles. The number of carbonyl (C=O) groups is 1. The van der Waals surface area contributed by atoms with Gasteiger partial charge in [-0.25, -0.2) is 18.7 Å². The lowest BCUT2D eigenvalue weighted by Crippen LogP contribution is -2.45. The number of halogens is 6. The number of methoxy groups -OCH3 is 1. The van der Waals surface area contributed by atoms with Crippen molar-refractivity contribution in [2.45, 2.75) is 108 Å². The van der Waals surface area contributed by atoms with Crippen molar-refractivity contribution in [1.29, 1.82) is 0 Å². The lowest BCUT2D eigenvalue weighted by Gasteiger charge is -2.31. The summed E-state index contributed by atoms with van der Waals surface area (Å²) < 4.78 is 133. The van der Waals surface area contributed by atoms with Gasteiger partial charge in [0.2, 0.25) is 0 Å². The molecule has 1 aliphatic heterocycles. The van der Waals surface area contributed by atoms with Crippen LogP contribution in [0, 0.1) is 0 Å². The molecule has 2 amide bonds. The summed E-state index contributed by atoms with van der Waals surface area (Å²) in [5.41, 5.74) is -1.80. The molecule has 1 aromatic carbocycles. The molecular formula is C30H47F6N5O5SSi. The average molecular weight is 734 g/mol. The summed E-state index contributed by atoms with van der Waals surface area (Å²) in [4.78, 5) is 17.9. The fourth-order valence-electron chi connectivity index (χ4n) is 4.44. The molecule has 2 unspecified atom stereocenters. The molecule has 10 nitrogen and oxygen atoms in total. The SMILES string of the molecule is [2H]C1([2H])C(C(F)(F)F)NC(=O)N1[C@H](COC)c1ccc2c(c1)nc([C@H](COC(C)(C)C(F)(F)F)NS(=O)C(C)(C)C)n2COCC[Si](C)(C)C. The Bertz CT molecular complexity index is 1530. The van der Waals surface area contributed by atoms with Crippen molar-refractivity contribution in [2.75, 3.05) is 33.4 Å². The standard InChI is InChI=1S/C30H47F6N5O5SSi/c1-27(2,3)47(43)39-21(16-46-28(4,5)30(34,35)36)25-37-20-14-19(10-11-22(20)41(25)18-45-12-13-48(7,8)9)23(17-44-6)40-15-24(29(31,32)33)38-26(40)42/h10-11,14,21,23-24,39H,12-13,15-18H2,1-9H3,(H,38,42)/t21-,23+,24?,47?/m0/s1/i15D2. The second-order valence-corrected chi connectivity index (χ2v) is 21.9. The second kappa shape index (κ2) is 14.9. The quantitative estimate of drug-likeness (QED) is 0.124. The lowest BCUT2D eigenvalue weighted by molar-refractivity contribution is -0.265. The van der Waals surface area contributed by atoms with E-state index in [1.54, 1.807) is 30.7 Å². The number of imidazole rings is 1. The molecule has 0 bridgehead atoms. The minimum atomic E-state index is -5.09. The van der Waals surface area contributed by atoms with E-state index in [1.165, 1.54) is 25.3 Å². The summed E-state index contributed by atoms with van der Waals surface area (Å²) in [5.74, 6) is 0.107. The summed E-state index contributed by atoms with van der Waals surface area (Å²) in [6, 6.07) is -1.37. The van der Waals surface area contributed by atoms with Gasteiger partial charge < -0.3 is 29.0 Å². The number of rotatable bonds is 15. The van der Waals surface area contributed by atoms with Crippen molar-refractivity contribution in [3.63, 3.8) is 0 Å². The van der Waals surface area contributed by atoms with Crippen LogP contribution in [0.4, 0.5) is 31.1 Å². The number of hydrogen-bond donors (Lipinski definition) is 2. The van der Waals surface area contributed by atoms with Gasteiger partial charge >= 0.3 is 18.4 Å². The highest BCUT2D eigenvalue weighted by atomic mass is 32.2. The second-order valence-electron chi connectivity index (χ2n) is 14.3. The third kappa shape index (κ3) is 10.1. The van der Waals surface area contributed by atoms with Gasteiger partial charge in [0.15, 0.2) is 5.60 Å². The largest absolute Gasteiger partial charge is 0.416 e. The lowest BCUT2D eigenvalue weighted by atomic mass is 10.1. The van der Waals surface area contributed by atoms with Crippen LogP contribution in [0.15, 0.2) is 18.2 Å². The number of urea groups is 1. The molecule has 18 heteroatoms. The third-order valence-electron chi connectivity index (χ3n) is 7.53. The van der Waals surface area contributed by atoms with Gasteiger partial charge in [-0.3, -0.25) is 0 Å². The highest BCUT2D eigenvalue weighted by molar-refractivity contribution is 7.84. The number of alkyl halides is 6. The van der Waals surface area contributed by atoms with Crippen LogP contribution in [-0.4, -0.2) is 94.9 Å². The van der Waals surface area contributed by atoms with Gasteiger partial charge in [-0.15, -0.1) is 0 Å². The van der Waals surface area contributed by atoms with Crippen LogP contribution in [0.3, 0.4) is 0 Å². The van der Waals surface area contributed by atoms with Crippen LogP contribution in [-0.2, 0) is 31.9 Å². The number of hydrogen-bond acceptors (Lipinski definition) is 6. The zero-order chi connectivity index (χ0) is 38.3. The number of ether oxygens (including phenoxy) is 3. The molecule has 0 saturated carbocycles. The molecule has 1 fully saturated rings. The Balaban J connectivity index is 2.18. The zero-order valence-electron chi connectivity index (χ0n) is 30.6. The van der Waals surface area contributed by atoms with E-state index in [2.05, 4.69) is 29.3 Å². The first kappa shape index (κ1) is 37.0. The Hall–Kier alpha value is -2.25. The Kier molecular flexibility index (Phi) is 11.5. The first-order chi connectivity index (χ1) is 22.6. The molecule has 4 atom stereocenters. The van der Waals surface area contributed by atoms with Gasteiger partial charge in [-0.2, -0.15) is 26.3 Å². The smallest absolute Gasteiger partial charge is 0.382 e. The van der Waals surface area contributed by atoms with Crippen molar-refractivity contribution < 1.29 is 52.3 Å². The van der Waals surface area contributed by atoms with Gasteiger partial charge in [0.25, 0.3) is 0 Å². The maximum absolute atomic E-state index is 13.8. The molecule has 2 aromatic rings. The Morgan fingerprint density at radius 1 is 1.12 bits per heavy atom. The number of benzene rings is 1. The highest BCUT2D eigenvalue weighted by Gasteiger charge is 2.50. The number of nitrogens with zero attached hydrogens (tertiary/aromatic N) is 3. The zero-order valence-corrected chi connectivity index (χ0v) is 30.4. The molecule has 2 heterocycles. The fraction of sp³-hybridized carbons (Fsp3) is 0.733. The van der Waals surface area contributed by atoms with Gasteiger partial charge in [-0.05, 0) is 58.4 Å². The van der Waals surface area contributed by atoms with Gasteiger partial charge in [0.1, 0.15) is 24.6 Å². The van der Waals surface area contributed by atoms with E-state index >= 15 is 0 Å². The number of carbonyl (C=O) groups excluding carboxylic acids is 1. The first-order valence-electron chi connectivity index (χ1n) is 16.2. The van der Waals surface area contributed by atoms with Gasteiger partial charge in [0, 0.05) is 21.8 Å². The molecule has 1 aromatic heterocycles. The number of nitrogens with one attached hydrogen (secondary N) is 2. The van der Waals surface area contributed by atoms with Crippen LogP contribution >= 0.6 is 0 Å². The van der Waals surface area contributed by atoms with Crippen LogP contribution in [0.2, 0.25) is 25.7 Å². The van der Waals surface area contributed by atoms with E-state index in [0.717, 1.165) is 19.9 Å². The van der Waals surface area contributed by atoms with Crippen LogP contribution in [0.25, 0.3) is 11.0 Å². The number of aromatic nitrogens is 2. The predicted octanol–water partition coefficient (Wildman–Crippen LogP) is 6.44. The summed E-state index contributed by atoms with van der Waals surface area (Å²) in [6.45, 7) is 9.31. The van der Waals surface area contributed by atoms with Gasteiger partial charge in [-0.1, -0.05) is 25.7 Å². The van der Waals surface area contributed by atoms with Gasteiger partial charge in [0.05, 0.1) is 55.3 Å². The fourth-order valence-corrected chi connectivity index (χ4v) is 5.98. The van der Waals surface area contributed by atoms with Crippen molar-refractivity contribution in [3.8, 4) is 0 Å². The number of fused-ring (bicyclic) bond motifs is 1.